The summed E-state index contributed by atoms with van der Waals surface area (Å²) in [6.45, 7) is 2.10. The molecule has 1 aromatic heterocycles. The second-order valence-corrected chi connectivity index (χ2v) is 8.66. The quantitative estimate of drug-likeness (QED) is 0.188. The van der Waals surface area contributed by atoms with E-state index in [9.17, 15) is 9.18 Å². The van der Waals surface area contributed by atoms with Crippen LogP contribution in [0.1, 0.15) is 54.8 Å². The van der Waals surface area contributed by atoms with Crippen molar-refractivity contribution < 1.29 is 9.18 Å². The first-order valence-corrected chi connectivity index (χ1v) is 12.1. The van der Waals surface area contributed by atoms with Crippen LogP contribution in [-0.2, 0) is 6.54 Å². The average molecular weight is 471 g/mol. The van der Waals surface area contributed by atoms with E-state index in [1.807, 2.05) is 78.9 Å². The first-order chi connectivity index (χ1) is 17.1. The Hall–Kier alpha value is -3.80. The number of nitrogens with one attached hydrogen (secondary N) is 2. The van der Waals surface area contributed by atoms with E-state index in [1.165, 1.54) is 0 Å². The van der Waals surface area contributed by atoms with Crippen LogP contribution in [0.3, 0.4) is 0 Å². The van der Waals surface area contributed by atoms with Gasteiger partial charge in [-0.05, 0) is 61.6 Å². The van der Waals surface area contributed by atoms with E-state index < -0.39 is 6.67 Å². The van der Waals surface area contributed by atoms with Gasteiger partial charge in [-0.25, -0.2) is 9.37 Å². The van der Waals surface area contributed by atoms with Gasteiger partial charge in [0.05, 0.1) is 17.1 Å². The second kappa shape index (κ2) is 11.6. The maximum absolute atomic E-state index is 13.2. The zero-order chi connectivity index (χ0) is 24.6. The van der Waals surface area contributed by atoms with Crippen molar-refractivity contribution in [2.75, 3.05) is 6.67 Å². The molecule has 0 fully saturated rings. The van der Waals surface area contributed by atoms with E-state index in [0.717, 1.165) is 41.0 Å². The molecule has 2 N–H and O–H groups in total. The Morgan fingerprint density at radius 1 is 0.971 bits per heavy atom. The zero-order valence-corrected chi connectivity index (χ0v) is 20.0. The lowest BCUT2D eigenvalue weighted by atomic mass is 10.0. The number of halogens is 1. The number of aromatic nitrogens is 2. The number of amides is 1. The van der Waals surface area contributed by atoms with E-state index in [1.54, 1.807) is 0 Å². The number of aryl methyl sites for hydroxylation is 1. The molecule has 0 bridgehead atoms. The fourth-order valence-corrected chi connectivity index (χ4v) is 4.40. The van der Waals surface area contributed by atoms with Crippen LogP contribution in [-0.4, -0.2) is 27.8 Å². The number of nitrogens with zero attached hydrogens (tertiary/aromatic N) is 2. The lowest BCUT2D eigenvalue weighted by Gasteiger charge is -2.20. The molecular weight excluding hydrogens is 439 g/mol. The van der Waals surface area contributed by atoms with Crippen LogP contribution in [0, 0.1) is 5.41 Å². The van der Waals surface area contributed by atoms with E-state index in [-0.39, 0.29) is 17.7 Å². The van der Waals surface area contributed by atoms with Crippen LogP contribution in [0.4, 0.5) is 4.39 Å². The first-order valence-electron chi connectivity index (χ1n) is 12.1. The molecule has 6 heteroatoms. The third-order valence-electron chi connectivity index (χ3n) is 6.25. The van der Waals surface area contributed by atoms with Gasteiger partial charge in [-0.3, -0.25) is 4.79 Å². The Kier molecular flexibility index (Phi) is 8.03. The third kappa shape index (κ3) is 5.83. The first kappa shape index (κ1) is 24.3. The van der Waals surface area contributed by atoms with Crippen LogP contribution in [0.5, 0.6) is 0 Å². The predicted molar refractivity (Wildman–Crippen MR) is 140 cm³/mol. The fourth-order valence-electron chi connectivity index (χ4n) is 4.40. The lowest BCUT2D eigenvalue weighted by Crippen LogP contribution is -2.30. The summed E-state index contributed by atoms with van der Waals surface area (Å²) in [5, 5.41) is 10.8. The molecule has 0 aliphatic carbocycles. The van der Waals surface area contributed by atoms with Gasteiger partial charge in [-0.1, -0.05) is 61.0 Å². The molecule has 0 saturated carbocycles. The lowest BCUT2D eigenvalue weighted by molar-refractivity contribution is 0.0931. The van der Waals surface area contributed by atoms with Crippen LogP contribution in [0.25, 0.3) is 22.2 Å². The smallest absolute Gasteiger partial charge is 0.251 e. The maximum Gasteiger partial charge on any atom is 0.251 e. The van der Waals surface area contributed by atoms with Crippen molar-refractivity contribution in [2.45, 2.75) is 45.2 Å². The topological polar surface area (TPSA) is 70.8 Å². The summed E-state index contributed by atoms with van der Waals surface area (Å²) in [7, 11) is 0. The number of rotatable bonds is 11. The number of hydrogen-bond donors (Lipinski definition) is 2. The number of fused-ring (bicyclic) bond motifs is 1. The highest BCUT2D eigenvalue weighted by Crippen LogP contribution is 2.26. The van der Waals surface area contributed by atoms with Crippen LogP contribution in [0.15, 0.2) is 78.9 Å². The van der Waals surface area contributed by atoms with E-state index in [0.29, 0.717) is 24.8 Å². The van der Waals surface area contributed by atoms with Gasteiger partial charge in [0.1, 0.15) is 12.5 Å². The number of alkyl halides is 1. The summed E-state index contributed by atoms with van der Waals surface area (Å²) >= 11 is 0. The van der Waals surface area contributed by atoms with E-state index in [4.69, 9.17) is 10.4 Å². The molecule has 0 saturated heterocycles. The molecule has 4 aromatic rings. The third-order valence-corrected chi connectivity index (χ3v) is 6.25. The van der Waals surface area contributed by atoms with Gasteiger partial charge < -0.3 is 15.3 Å². The number of benzene rings is 3. The summed E-state index contributed by atoms with van der Waals surface area (Å²) in [4.78, 5) is 18.1. The van der Waals surface area contributed by atoms with Crippen molar-refractivity contribution in [1.29, 1.82) is 5.41 Å². The number of unbranched alkanes of at least 4 members (excludes halogenated alkanes) is 1. The number of imidazole rings is 1. The molecule has 0 spiro atoms. The molecule has 0 aliphatic heterocycles. The summed E-state index contributed by atoms with van der Waals surface area (Å²) < 4.78 is 14.8. The van der Waals surface area contributed by atoms with Crippen LogP contribution < -0.4 is 5.32 Å². The van der Waals surface area contributed by atoms with Gasteiger partial charge in [-0.15, -0.1) is 0 Å². The molecule has 0 unspecified atom stereocenters. The van der Waals surface area contributed by atoms with Gasteiger partial charge in [-0.2, -0.15) is 0 Å². The normalized spacial score (nSPS) is 11.9. The Morgan fingerprint density at radius 3 is 2.37 bits per heavy atom. The molecule has 1 amide bonds. The number of hydrogen-bond acceptors (Lipinski definition) is 3. The van der Waals surface area contributed by atoms with Crippen molar-refractivity contribution in [3.8, 4) is 11.1 Å². The molecular formula is C29H31FN4O. The number of carbonyl (C=O) groups is 1. The van der Waals surface area contributed by atoms with E-state index in [2.05, 4.69) is 16.8 Å². The molecule has 3 aromatic carbocycles. The average Bonchev–Trinajstić information content (AvgIpc) is 3.29. The van der Waals surface area contributed by atoms with Crippen molar-refractivity contribution >= 4 is 22.7 Å². The fraction of sp³-hybridized carbons (Fsp3) is 0.276. The largest absolute Gasteiger partial charge is 0.342 e. The molecule has 1 atom stereocenters. The number of para-hydroxylation sites is 2. The predicted octanol–water partition coefficient (Wildman–Crippen LogP) is 6.74. The van der Waals surface area contributed by atoms with Gasteiger partial charge in [0.2, 0.25) is 0 Å². The molecule has 35 heavy (non-hydrogen) atoms. The van der Waals surface area contributed by atoms with Gasteiger partial charge in [0.15, 0.2) is 0 Å². The minimum absolute atomic E-state index is 0.116. The summed E-state index contributed by atoms with van der Waals surface area (Å²) in [6.07, 6.45) is 2.56. The van der Waals surface area contributed by atoms with Gasteiger partial charge in [0.25, 0.3) is 5.91 Å². The molecule has 0 radical (unpaired) electrons. The van der Waals surface area contributed by atoms with E-state index >= 15 is 0 Å². The Balaban J connectivity index is 1.55. The van der Waals surface area contributed by atoms with Crippen molar-refractivity contribution in [2.24, 2.45) is 0 Å². The molecule has 4 rings (SSSR count). The van der Waals surface area contributed by atoms with Crippen molar-refractivity contribution in [3.05, 3.63) is 90.3 Å². The molecule has 180 valence electrons. The maximum atomic E-state index is 13.2. The Morgan fingerprint density at radius 2 is 1.66 bits per heavy atom. The standard InChI is InChI=1S/C29H31FN4O/c1-2-34-27-15-9-8-13-25(27)32-28(34)26(14-7-6-12-24(31)20-30)33-29(35)23-18-16-22(17-19-23)21-10-4-3-5-11-21/h3-5,8-11,13,15-19,26,31H,2,6-7,12,14,20H2,1H3,(H,33,35)/t26-/m0/s1. The zero-order valence-electron chi connectivity index (χ0n) is 20.0. The molecule has 0 aliphatic rings. The van der Waals surface area contributed by atoms with Crippen LogP contribution in [0.2, 0.25) is 0 Å². The van der Waals surface area contributed by atoms with Crippen molar-refractivity contribution in [1.82, 2.24) is 14.9 Å². The minimum Gasteiger partial charge on any atom is -0.342 e. The second-order valence-electron chi connectivity index (χ2n) is 8.66. The highest BCUT2D eigenvalue weighted by Gasteiger charge is 2.22. The summed E-state index contributed by atoms with van der Waals surface area (Å²) in [5.41, 5.74) is 4.80. The highest BCUT2D eigenvalue weighted by molar-refractivity contribution is 5.95. The molecule has 5 nitrogen and oxygen atoms in total. The SMILES string of the molecule is CCn1c([C@H](CCCCC(=N)CF)NC(=O)c2ccc(-c3ccccc3)cc2)nc2ccccc21. The number of carbonyl (C=O) groups excluding carboxylic acids is 1. The summed E-state index contributed by atoms with van der Waals surface area (Å²) in [6, 6.07) is 25.4. The van der Waals surface area contributed by atoms with Gasteiger partial charge in [0, 0.05) is 17.8 Å². The molecule has 1 heterocycles. The van der Waals surface area contributed by atoms with Crippen molar-refractivity contribution in [3.63, 3.8) is 0 Å². The Bertz CT molecular complexity index is 1280. The minimum atomic E-state index is -0.704. The monoisotopic (exact) mass is 470 g/mol. The summed E-state index contributed by atoms with van der Waals surface area (Å²) in [5.74, 6) is 0.671. The Labute approximate surface area is 205 Å². The van der Waals surface area contributed by atoms with Gasteiger partial charge >= 0.3 is 0 Å². The van der Waals surface area contributed by atoms with Crippen LogP contribution >= 0.6 is 0 Å². The highest BCUT2D eigenvalue weighted by atomic mass is 19.1.